The predicted octanol–water partition coefficient (Wildman–Crippen LogP) is 1.95. The van der Waals surface area contributed by atoms with Crippen molar-refractivity contribution < 1.29 is 0 Å². The van der Waals surface area contributed by atoms with Crippen molar-refractivity contribution in [3.8, 4) is 0 Å². The summed E-state index contributed by atoms with van der Waals surface area (Å²) in [5.74, 6) is 1.87. The van der Waals surface area contributed by atoms with E-state index in [2.05, 4.69) is 16.8 Å². The van der Waals surface area contributed by atoms with E-state index in [0.717, 1.165) is 30.4 Å². The first-order chi connectivity index (χ1) is 7.66. The Labute approximate surface area is 102 Å². The van der Waals surface area contributed by atoms with E-state index in [-0.39, 0.29) is 0 Å². The molecule has 0 radical (unpaired) electrons. The molecule has 1 saturated heterocycles. The molecule has 0 unspecified atom stereocenters. The van der Waals surface area contributed by atoms with E-state index < -0.39 is 0 Å². The molecule has 0 spiro atoms. The molecule has 1 aromatic rings. The van der Waals surface area contributed by atoms with Crippen LogP contribution in [0.15, 0.2) is 18.3 Å². The Kier molecular flexibility index (Phi) is 3.39. The van der Waals surface area contributed by atoms with E-state index in [9.17, 15) is 0 Å². The van der Waals surface area contributed by atoms with Gasteiger partial charge in [-0.3, -0.25) is 0 Å². The highest BCUT2D eigenvalue weighted by Crippen LogP contribution is 2.21. The number of aromatic nitrogens is 1. The van der Waals surface area contributed by atoms with E-state index in [1.807, 2.05) is 12.1 Å². The van der Waals surface area contributed by atoms with Gasteiger partial charge in [0, 0.05) is 24.8 Å². The van der Waals surface area contributed by atoms with Crippen molar-refractivity contribution >= 4 is 23.0 Å². The Hall–Kier alpha value is -1.16. The van der Waals surface area contributed by atoms with Crippen molar-refractivity contribution in [2.24, 2.45) is 11.7 Å². The van der Waals surface area contributed by atoms with Crippen LogP contribution < -0.4 is 10.6 Å². The molecule has 1 aliphatic heterocycles. The molecule has 86 valence electrons. The van der Waals surface area contributed by atoms with Gasteiger partial charge in [0.15, 0.2) is 0 Å². The molecule has 0 bridgehead atoms. The second kappa shape index (κ2) is 4.78. The number of thiocarbonyl (C=S) groups is 1. The third kappa shape index (κ3) is 2.50. The van der Waals surface area contributed by atoms with Gasteiger partial charge in [-0.25, -0.2) is 4.98 Å². The van der Waals surface area contributed by atoms with Gasteiger partial charge in [-0.05, 0) is 30.9 Å². The van der Waals surface area contributed by atoms with Gasteiger partial charge in [-0.2, -0.15) is 0 Å². The summed E-state index contributed by atoms with van der Waals surface area (Å²) < 4.78 is 0. The summed E-state index contributed by atoms with van der Waals surface area (Å²) in [5, 5.41) is 0. The molecule has 16 heavy (non-hydrogen) atoms. The minimum Gasteiger partial charge on any atom is -0.389 e. The Bertz CT molecular complexity index is 366. The first-order valence-corrected chi connectivity index (χ1v) is 6.08. The summed E-state index contributed by atoms with van der Waals surface area (Å²) in [5.41, 5.74) is 6.38. The van der Waals surface area contributed by atoms with E-state index in [4.69, 9.17) is 18.0 Å². The van der Waals surface area contributed by atoms with Gasteiger partial charge in [-0.1, -0.05) is 19.1 Å². The van der Waals surface area contributed by atoms with Crippen molar-refractivity contribution in [3.05, 3.63) is 23.9 Å². The highest BCUT2D eigenvalue weighted by Gasteiger charge is 2.16. The second-order valence-corrected chi connectivity index (χ2v) is 4.88. The molecule has 0 saturated carbocycles. The Morgan fingerprint density at radius 2 is 2.12 bits per heavy atom. The maximum atomic E-state index is 5.54. The molecule has 1 aromatic heterocycles. The van der Waals surface area contributed by atoms with Crippen LogP contribution in [0.4, 0.5) is 5.82 Å². The second-order valence-electron chi connectivity index (χ2n) is 4.44. The van der Waals surface area contributed by atoms with Gasteiger partial charge in [0.2, 0.25) is 0 Å². The Balaban J connectivity index is 2.07. The molecule has 0 atom stereocenters. The molecule has 1 aliphatic rings. The molecule has 4 heteroatoms. The van der Waals surface area contributed by atoms with Gasteiger partial charge in [0.05, 0.1) is 0 Å². The summed E-state index contributed by atoms with van der Waals surface area (Å²) >= 11 is 4.90. The first-order valence-electron chi connectivity index (χ1n) is 5.67. The van der Waals surface area contributed by atoms with E-state index in [1.165, 1.54) is 12.8 Å². The molecule has 2 N–H and O–H groups in total. The van der Waals surface area contributed by atoms with Crippen molar-refractivity contribution in [3.63, 3.8) is 0 Å². The molecule has 0 aromatic carbocycles. The summed E-state index contributed by atoms with van der Waals surface area (Å²) in [6.45, 7) is 4.50. The highest BCUT2D eigenvalue weighted by molar-refractivity contribution is 7.80. The number of piperidine rings is 1. The van der Waals surface area contributed by atoms with Gasteiger partial charge in [0.25, 0.3) is 0 Å². The van der Waals surface area contributed by atoms with Gasteiger partial charge in [0.1, 0.15) is 10.8 Å². The number of nitrogens with zero attached hydrogens (tertiary/aromatic N) is 2. The van der Waals surface area contributed by atoms with Gasteiger partial charge < -0.3 is 10.6 Å². The van der Waals surface area contributed by atoms with Crippen LogP contribution in [0.5, 0.6) is 0 Å². The third-order valence-corrected chi connectivity index (χ3v) is 3.38. The van der Waals surface area contributed by atoms with Crippen LogP contribution in [0.3, 0.4) is 0 Å². The third-order valence-electron chi connectivity index (χ3n) is 3.14. The van der Waals surface area contributed by atoms with Crippen LogP contribution in [0.25, 0.3) is 0 Å². The fraction of sp³-hybridized carbons (Fsp3) is 0.500. The number of nitrogens with two attached hydrogens (primary N) is 1. The molecule has 0 amide bonds. The van der Waals surface area contributed by atoms with Crippen LogP contribution >= 0.6 is 12.2 Å². The van der Waals surface area contributed by atoms with Gasteiger partial charge >= 0.3 is 0 Å². The maximum Gasteiger partial charge on any atom is 0.128 e. The van der Waals surface area contributed by atoms with Crippen LogP contribution in [0, 0.1) is 5.92 Å². The van der Waals surface area contributed by atoms with Crippen LogP contribution in [-0.4, -0.2) is 23.1 Å². The van der Waals surface area contributed by atoms with E-state index in [1.54, 1.807) is 6.20 Å². The summed E-state index contributed by atoms with van der Waals surface area (Å²) in [6, 6.07) is 3.95. The zero-order valence-corrected chi connectivity index (χ0v) is 10.3. The lowest BCUT2D eigenvalue weighted by atomic mass is 9.99. The van der Waals surface area contributed by atoms with Crippen molar-refractivity contribution in [1.29, 1.82) is 0 Å². The Morgan fingerprint density at radius 3 is 2.62 bits per heavy atom. The Morgan fingerprint density at radius 1 is 1.44 bits per heavy atom. The van der Waals surface area contributed by atoms with Crippen LogP contribution in [-0.2, 0) is 0 Å². The zero-order chi connectivity index (χ0) is 11.5. The van der Waals surface area contributed by atoms with Gasteiger partial charge in [-0.15, -0.1) is 0 Å². The standard InChI is InChI=1S/C12H17N3S/c1-9-4-6-15(7-5-9)11-3-2-10(8-14-11)12(13)16/h2-3,8-9H,4-7H2,1H3,(H2,13,16). The minimum absolute atomic E-state index is 0.409. The average molecular weight is 235 g/mol. The highest BCUT2D eigenvalue weighted by atomic mass is 32.1. The van der Waals surface area contributed by atoms with E-state index in [0.29, 0.717) is 4.99 Å². The SMILES string of the molecule is CC1CCN(c2ccc(C(N)=S)cn2)CC1. The molecular formula is C12H17N3S. The molecular weight excluding hydrogens is 218 g/mol. The normalized spacial score (nSPS) is 17.4. The number of anilines is 1. The molecule has 2 rings (SSSR count). The van der Waals surface area contributed by atoms with Crippen molar-refractivity contribution in [1.82, 2.24) is 4.98 Å². The zero-order valence-electron chi connectivity index (χ0n) is 9.52. The molecule has 0 aliphatic carbocycles. The monoisotopic (exact) mass is 235 g/mol. The fourth-order valence-corrected chi connectivity index (χ4v) is 2.08. The van der Waals surface area contributed by atoms with Crippen molar-refractivity contribution in [2.45, 2.75) is 19.8 Å². The number of hydrogen-bond donors (Lipinski definition) is 1. The lowest BCUT2D eigenvalue weighted by Crippen LogP contribution is -2.33. The van der Waals surface area contributed by atoms with Crippen molar-refractivity contribution in [2.75, 3.05) is 18.0 Å². The maximum absolute atomic E-state index is 5.54. The lowest BCUT2D eigenvalue weighted by Gasteiger charge is -2.31. The molecule has 3 nitrogen and oxygen atoms in total. The lowest BCUT2D eigenvalue weighted by molar-refractivity contribution is 0.436. The predicted molar refractivity (Wildman–Crippen MR) is 70.7 cm³/mol. The largest absolute Gasteiger partial charge is 0.389 e. The number of pyridine rings is 1. The average Bonchev–Trinajstić information content (AvgIpc) is 2.30. The summed E-state index contributed by atoms with van der Waals surface area (Å²) in [6.07, 6.45) is 4.26. The first kappa shape index (κ1) is 11.3. The summed E-state index contributed by atoms with van der Waals surface area (Å²) in [7, 11) is 0. The molecule has 2 heterocycles. The number of hydrogen-bond acceptors (Lipinski definition) is 3. The van der Waals surface area contributed by atoms with E-state index >= 15 is 0 Å². The number of rotatable bonds is 2. The minimum atomic E-state index is 0.409. The fourth-order valence-electron chi connectivity index (χ4n) is 1.96. The smallest absolute Gasteiger partial charge is 0.128 e. The van der Waals surface area contributed by atoms with Crippen LogP contribution in [0.1, 0.15) is 25.3 Å². The molecule has 1 fully saturated rings. The summed E-state index contributed by atoms with van der Waals surface area (Å²) in [4.78, 5) is 7.14. The van der Waals surface area contributed by atoms with Crippen LogP contribution in [0.2, 0.25) is 0 Å². The quantitative estimate of drug-likeness (QED) is 0.796. The topological polar surface area (TPSA) is 42.1 Å².